The van der Waals surface area contributed by atoms with Crippen LogP contribution in [-0.2, 0) is 9.59 Å². The van der Waals surface area contributed by atoms with Crippen molar-refractivity contribution < 1.29 is 27.9 Å². The van der Waals surface area contributed by atoms with Crippen LogP contribution in [0.1, 0.15) is 13.3 Å². The van der Waals surface area contributed by atoms with Gasteiger partial charge in [0.05, 0.1) is 52.5 Å². The number of nitrogens with zero attached hydrogens (tertiary/aromatic N) is 4. The minimum Gasteiger partial charge on any atom is -0.483 e. The molecule has 184 valence electrons. The number of benzene rings is 1. The van der Waals surface area contributed by atoms with Crippen molar-refractivity contribution in [1.29, 1.82) is 0 Å². The summed E-state index contributed by atoms with van der Waals surface area (Å²) in [6, 6.07) is -0.629. The Hall–Kier alpha value is -3.87. The molecule has 3 atom stereocenters. The van der Waals surface area contributed by atoms with Crippen molar-refractivity contribution in [3.63, 3.8) is 0 Å². The second-order valence-electron chi connectivity index (χ2n) is 7.85. The maximum Gasteiger partial charge on any atom is 0.290 e. The van der Waals surface area contributed by atoms with Crippen molar-refractivity contribution in [3.05, 3.63) is 35.6 Å². The highest BCUT2D eigenvalue weighted by Gasteiger charge is 2.43. The maximum atomic E-state index is 15.1. The summed E-state index contributed by atoms with van der Waals surface area (Å²) in [5.41, 5.74) is 1.40. The molecule has 1 fully saturated rings. The quantitative estimate of drug-likeness (QED) is 0.290. The van der Waals surface area contributed by atoms with Crippen LogP contribution in [0.15, 0.2) is 24.8 Å². The molecule has 1 unspecified atom stereocenters. The molecule has 0 aliphatic heterocycles. The topological polar surface area (TPSA) is 137 Å². The first-order valence-electron chi connectivity index (χ1n) is 10.3. The Morgan fingerprint density at radius 2 is 2.14 bits per heavy atom. The number of carbonyl (C=O) groups is 2. The van der Waals surface area contributed by atoms with Gasteiger partial charge in [0.15, 0.2) is 17.3 Å². The van der Waals surface area contributed by atoms with E-state index in [1.807, 2.05) is 0 Å². The van der Waals surface area contributed by atoms with E-state index in [0.29, 0.717) is 27.8 Å². The lowest BCUT2D eigenvalue weighted by Crippen LogP contribution is -2.18. The number of amides is 1. The van der Waals surface area contributed by atoms with Crippen molar-refractivity contribution in [2.24, 2.45) is 5.92 Å². The number of alkyl halides is 2. The molecule has 3 aromatic heterocycles. The van der Waals surface area contributed by atoms with Gasteiger partial charge < -0.3 is 20.1 Å². The van der Waals surface area contributed by atoms with E-state index >= 15 is 4.39 Å². The van der Waals surface area contributed by atoms with Gasteiger partial charge in [0.25, 0.3) is 6.47 Å². The number of aromatic nitrogens is 5. The van der Waals surface area contributed by atoms with Crippen molar-refractivity contribution in [3.8, 4) is 11.3 Å². The molecule has 1 aromatic carbocycles. The van der Waals surface area contributed by atoms with Crippen molar-refractivity contribution in [2.45, 2.75) is 25.6 Å². The molecule has 35 heavy (non-hydrogen) atoms. The van der Waals surface area contributed by atoms with E-state index in [1.54, 1.807) is 23.7 Å². The summed E-state index contributed by atoms with van der Waals surface area (Å²) >= 11 is 6.37. The van der Waals surface area contributed by atoms with Gasteiger partial charge in [-0.25, -0.2) is 18.2 Å². The van der Waals surface area contributed by atoms with Crippen molar-refractivity contribution in [2.75, 3.05) is 17.3 Å². The number of carboxylic acid groups (broad SMARTS) is 1. The Balaban J connectivity index is 0.000000917. The van der Waals surface area contributed by atoms with Gasteiger partial charge in [0.1, 0.15) is 12.8 Å². The molecule has 4 N–H and O–H groups in total. The molecule has 5 rings (SSSR count). The first-order valence-corrected chi connectivity index (χ1v) is 10.7. The molecule has 0 spiro atoms. The van der Waals surface area contributed by atoms with Crippen LogP contribution in [0.3, 0.4) is 0 Å². The number of halogens is 4. The van der Waals surface area contributed by atoms with E-state index in [-0.39, 0.29) is 29.4 Å². The third kappa shape index (κ3) is 4.71. The third-order valence-corrected chi connectivity index (χ3v) is 5.67. The van der Waals surface area contributed by atoms with Crippen molar-refractivity contribution >= 4 is 52.0 Å². The lowest BCUT2D eigenvalue weighted by Gasteiger charge is -2.16. The predicted octanol–water partition coefficient (Wildman–Crippen LogP) is 3.83. The second-order valence-corrected chi connectivity index (χ2v) is 8.23. The Morgan fingerprint density at radius 3 is 2.80 bits per heavy atom. The summed E-state index contributed by atoms with van der Waals surface area (Å²) in [6.07, 6.45) is 5.15. The number of nitrogens with one attached hydrogen (secondary N) is 3. The summed E-state index contributed by atoms with van der Waals surface area (Å²) in [5.74, 6) is -1.58. The summed E-state index contributed by atoms with van der Waals surface area (Å²) in [5, 5.41) is 19.2. The molecule has 0 bridgehead atoms. The fourth-order valence-corrected chi connectivity index (χ4v) is 3.82. The molecule has 1 aliphatic carbocycles. The normalized spacial score (nSPS) is 17.5. The number of anilines is 2. The lowest BCUT2D eigenvalue weighted by molar-refractivity contribution is -0.123. The van der Waals surface area contributed by atoms with Gasteiger partial charge in [0.2, 0.25) is 5.91 Å². The van der Waals surface area contributed by atoms with Crippen molar-refractivity contribution in [1.82, 2.24) is 24.6 Å². The van der Waals surface area contributed by atoms with Crippen LogP contribution in [0, 0.1) is 11.7 Å². The first-order chi connectivity index (χ1) is 16.8. The Labute approximate surface area is 200 Å². The summed E-state index contributed by atoms with van der Waals surface area (Å²) < 4.78 is 42.8. The number of carbonyl (C=O) groups excluding carboxylic acids is 1. The van der Waals surface area contributed by atoms with Gasteiger partial charge in [-0.15, -0.1) is 0 Å². The van der Waals surface area contributed by atoms with E-state index < -0.39 is 36.5 Å². The van der Waals surface area contributed by atoms with E-state index in [1.165, 1.54) is 12.4 Å². The molecule has 0 saturated heterocycles. The molecule has 3 heterocycles. The average Bonchev–Trinajstić information content (AvgIpc) is 3.19. The number of H-pyrrole nitrogens is 1. The van der Waals surface area contributed by atoms with Crippen LogP contribution < -0.4 is 10.6 Å². The van der Waals surface area contributed by atoms with Gasteiger partial charge in [-0.2, -0.15) is 5.10 Å². The van der Waals surface area contributed by atoms with Gasteiger partial charge >= 0.3 is 0 Å². The maximum absolute atomic E-state index is 15.1. The Kier molecular flexibility index (Phi) is 6.78. The fraction of sp³-hybridized carbons (Fsp3) is 0.286. The summed E-state index contributed by atoms with van der Waals surface area (Å²) in [6.45, 7) is 0.629. The number of hydrogen-bond acceptors (Lipinski definition) is 6. The molecule has 0 radical (unpaired) electrons. The predicted molar refractivity (Wildman–Crippen MR) is 122 cm³/mol. The fourth-order valence-electron chi connectivity index (χ4n) is 3.53. The molecule has 14 heteroatoms. The number of rotatable bonds is 6. The molecule has 1 amide bonds. The zero-order chi connectivity index (χ0) is 25.3. The largest absolute Gasteiger partial charge is 0.483 e. The minimum atomic E-state index is -1.11. The zero-order valence-corrected chi connectivity index (χ0v) is 18.9. The van der Waals surface area contributed by atoms with Gasteiger partial charge in [0, 0.05) is 17.1 Å². The van der Waals surface area contributed by atoms with Crippen LogP contribution in [-0.4, -0.2) is 60.9 Å². The van der Waals surface area contributed by atoms with Gasteiger partial charge in [-0.1, -0.05) is 11.6 Å². The van der Waals surface area contributed by atoms with Crippen LogP contribution in [0.4, 0.5) is 24.7 Å². The highest BCUT2D eigenvalue weighted by molar-refractivity contribution is 6.35. The highest BCUT2D eigenvalue weighted by atomic mass is 35.5. The first kappa shape index (κ1) is 24.3. The summed E-state index contributed by atoms with van der Waals surface area (Å²) in [4.78, 5) is 28.9. The Bertz CT molecular complexity index is 1410. The van der Waals surface area contributed by atoms with E-state index in [9.17, 15) is 13.6 Å². The standard InChI is InChI=1S/C20H17ClF3N7O.CH2O2/c1-8(3-22)27-19-17(24)16(21)15(10-4-26-30-18(10)19)12-6-31-7-13(28-14(31)5-25-12)29-20(32)9-2-11(9)23;2-1-3/h4-9,11,27H,2-3H2,1H3,(H,26,30)(H,29,32);1H,(H,2,3)/t8?,9-,11+;/m1./s1. The third-order valence-electron chi connectivity index (χ3n) is 5.31. The van der Waals surface area contributed by atoms with E-state index in [2.05, 4.69) is 30.8 Å². The molecule has 10 nitrogen and oxygen atoms in total. The minimum absolute atomic E-state index is 0.0244. The summed E-state index contributed by atoms with van der Waals surface area (Å²) in [7, 11) is 0. The van der Waals surface area contributed by atoms with Crippen LogP contribution in [0.5, 0.6) is 0 Å². The van der Waals surface area contributed by atoms with Gasteiger partial charge in [-0.3, -0.25) is 19.7 Å². The number of aromatic amines is 1. The molecule has 1 saturated carbocycles. The molecular weight excluding hydrogens is 491 g/mol. The molecule has 4 aromatic rings. The lowest BCUT2D eigenvalue weighted by atomic mass is 10.1. The smallest absolute Gasteiger partial charge is 0.290 e. The zero-order valence-electron chi connectivity index (χ0n) is 18.1. The SMILES string of the molecule is CC(CF)Nc1c(F)c(Cl)c(-c2cn3cc(NC(=O)[C@@H]4C[C@@H]4F)nc3cn2)c2cn[nH]c12.O=CO. The van der Waals surface area contributed by atoms with Crippen LogP contribution >= 0.6 is 11.6 Å². The van der Waals surface area contributed by atoms with E-state index in [0.717, 1.165) is 0 Å². The van der Waals surface area contributed by atoms with Gasteiger partial charge in [-0.05, 0) is 13.3 Å². The second kappa shape index (κ2) is 9.78. The van der Waals surface area contributed by atoms with Crippen LogP contribution in [0.25, 0.3) is 27.8 Å². The monoisotopic (exact) mass is 509 g/mol. The van der Waals surface area contributed by atoms with E-state index in [4.69, 9.17) is 21.5 Å². The number of fused-ring (bicyclic) bond motifs is 2. The van der Waals surface area contributed by atoms with Crippen LogP contribution in [0.2, 0.25) is 5.02 Å². The molecule has 1 aliphatic rings. The highest BCUT2D eigenvalue weighted by Crippen LogP contribution is 2.41. The number of imidazole rings is 1. The molecular formula is C21H19ClF3N7O3. The Morgan fingerprint density at radius 1 is 1.43 bits per heavy atom. The number of hydrogen-bond donors (Lipinski definition) is 4. The average molecular weight is 510 g/mol.